The summed E-state index contributed by atoms with van der Waals surface area (Å²) in [6, 6.07) is 12.9. The van der Waals surface area contributed by atoms with E-state index in [1.54, 1.807) is 12.1 Å². The molecule has 0 spiro atoms. The number of aliphatic hydroxyl groups excluding tert-OH is 1. The van der Waals surface area contributed by atoms with Crippen molar-refractivity contribution in [3.63, 3.8) is 0 Å². The van der Waals surface area contributed by atoms with Crippen LogP contribution < -0.4 is 9.47 Å². The standard InChI is InChI=1S/C16H18O4/c1-19-14-9-12(10-15(20-2)16(14)18)13(17)8-11-6-4-3-5-7-11/h3-7,9-10,13,17-18H,8H2,1-2H3. The summed E-state index contributed by atoms with van der Waals surface area (Å²) in [5.74, 6) is 0.503. The van der Waals surface area contributed by atoms with E-state index in [1.807, 2.05) is 30.3 Å². The van der Waals surface area contributed by atoms with Gasteiger partial charge in [0.1, 0.15) is 0 Å². The number of hydrogen-bond donors (Lipinski definition) is 2. The molecule has 2 aromatic carbocycles. The minimum absolute atomic E-state index is 0.0642. The largest absolute Gasteiger partial charge is 0.502 e. The van der Waals surface area contributed by atoms with Crippen molar-refractivity contribution in [2.24, 2.45) is 0 Å². The summed E-state index contributed by atoms with van der Waals surface area (Å²) in [5.41, 5.74) is 1.67. The van der Waals surface area contributed by atoms with E-state index >= 15 is 0 Å². The van der Waals surface area contributed by atoms with Gasteiger partial charge >= 0.3 is 0 Å². The molecule has 106 valence electrons. The number of hydrogen-bond acceptors (Lipinski definition) is 4. The van der Waals surface area contributed by atoms with Crippen LogP contribution in [0.1, 0.15) is 17.2 Å². The molecule has 0 aliphatic rings. The molecule has 0 fully saturated rings. The van der Waals surface area contributed by atoms with Crippen LogP contribution in [0.4, 0.5) is 0 Å². The van der Waals surface area contributed by atoms with E-state index in [2.05, 4.69) is 0 Å². The van der Waals surface area contributed by atoms with E-state index in [9.17, 15) is 10.2 Å². The number of methoxy groups -OCH3 is 2. The van der Waals surface area contributed by atoms with Crippen LogP contribution in [-0.2, 0) is 6.42 Å². The fraction of sp³-hybridized carbons (Fsp3) is 0.250. The van der Waals surface area contributed by atoms with Crippen LogP contribution in [0.2, 0.25) is 0 Å². The Balaban J connectivity index is 2.27. The van der Waals surface area contributed by atoms with Crippen molar-refractivity contribution < 1.29 is 19.7 Å². The predicted octanol–water partition coefficient (Wildman–Crippen LogP) is 2.69. The highest BCUT2D eigenvalue weighted by atomic mass is 16.5. The van der Waals surface area contributed by atoms with Gasteiger partial charge in [-0.25, -0.2) is 0 Å². The van der Waals surface area contributed by atoms with Crippen molar-refractivity contribution in [2.75, 3.05) is 14.2 Å². The second-order valence-corrected chi connectivity index (χ2v) is 4.48. The van der Waals surface area contributed by atoms with E-state index in [0.29, 0.717) is 12.0 Å². The maximum atomic E-state index is 10.3. The minimum Gasteiger partial charge on any atom is -0.502 e. The van der Waals surface area contributed by atoms with Gasteiger partial charge < -0.3 is 19.7 Å². The molecule has 0 aromatic heterocycles. The zero-order valence-corrected chi connectivity index (χ0v) is 11.5. The van der Waals surface area contributed by atoms with Gasteiger partial charge in [0.25, 0.3) is 0 Å². The van der Waals surface area contributed by atoms with Gasteiger partial charge in [0.05, 0.1) is 20.3 Å². The van der Waals surface area contributed by atoms with Crippen LogP contribution in [0, 0.1) is 0 Å². The topological polar surface area (TPSA) is 58.9 Å². The SMILES string of the molecule is COc1cc(C(O)Cc2ccccc2)cc(OC)c1O. The van der Waals surface area contributed by atoms with Gasteiger partial charge in [-0.15, -0.1) is 0 Å². The van der Waals surface area contributed by atoms with Gasteiger partial charge in [-0.2, -0.15) is 0 Å². The highest BCUT2D eigenvalue weighted by Gasteiger charge is 2.16. The molecule has 2 rings (SSSR count). The van der Waals surface area contributed by atoms with Gasteiger partial charge in [0.2, 0.25) is 5.75 Å². The number of aliphatic hydroxyl groups is 1. The molecule has 0 saturated heterocycles. The Morgan fingerprint density at radius 3 is 2.05 bits per heavy atom. The number of phenolic OH excluding ortho intramolecular Hbond substituents is 1. The van der Waals surface area contributed by atoms with Gasteiger partial charge in [0.15, 0.2) is 11.5 Å². The Kier molecular flexibility index (Phi) is 4.48. The van der Waals surface area contributed by atoms with E-state index in [1.165, 1.54) is 14.2 Å². The third kappa shape index (κ3) is 3.03. The van der Waals surface area contributed by atoms with E-state index in [0.717, 1.165) is 5.56 Å². The fourth-order valence-electron chi connectivity index (χ4n) is 2.06. The highest BCUT2D eigenvalue weighted by Crippen LogP contribution is 2.39. The second kappa shape index (κ2) is 6.30. The zero-order chi connectivity index (χ0) is 14.5. The van der Waals surface area contributed by atoms with Crippen LogP contribution in [-0.4, -0.2) is 24.4 Å². The van der Waals surface area contributed by atoms with Crippen LogP contribution >= 0.6 is 0 Å². The van der Waals surface area contributed by atoms with Gasteiger partial charge in [-0.3, -0.25) is 0 Å². The van der Waals surface area contributed by atoms with Crippen molar-refractivity contribution >= 4 is 0 Å². The zero-order valence-electron chi connectivity index (χ0n) is 11.5. The molecule has 20 heavy (non-hydrogen) atoms. The van der Waals surface area contributed by atoms with E-state index in [-0.39, 0.29) is 17.2 Å². The quantitative estimate of drug-likeness (QED) is 0.880. The Morgan fingerprint density at radius 2 is 1.55 bits per heavy atom. The van der Waals surface area contributed by atoms with Gasteiger partial charge in [-0.1, -0.05) is 30.3 Å². The average molecular weight is 274 g/mol. The van der Waals surface area contributed by atoms with Crippen molar-refractivity contribution in [3.05, 3.63) is 53.6 Å². The molecule has 0 saturated carbocycles. The Bertz CT molecular complexity index is 541. The van der Waals surface area contributed by atoms with E-state index in [4.69, 9.17) is 9.47 Å². The maximum absolute atomic E-state index is 10.3. The molecule has 0 radical (unpaired) electrons. The maximum Gasteiger partial charge on any atom is 0.200 e. The molecule has 0 heterocycles. The molecule has 1 atom stereocenters. The normalized spacial score (nSPS) is 11.9. The molecule has 1 unspecified atom stereocenters. The molecule has 0 bridgehead atoms. The molecule has 0 aliphatic heterocycles. The summed E-state index contributed by atoms with van der Waals surface area (Å²) in [6.45, 7) is 0. The molecular weight excluding hydrogens is 256 g/mol. The first-order valence-corrected chi connectivity index (χ1v) is 6.32. The average Bonchev–Trinajstić information content (AvgIpc) is 2.48. The number of phenols is 1. The monoisotopic (exact) mass is 274 g/mol. The smallest absolute Gasteiger partial charge is 0.200 e. The van der Waals surface area contributed by atoms with Crippen molar-refractivity contribution in [2.45, 2.75) is 12.5 Å². The molecule has 0 amide bonds. The van der Waals surface area contributed by atoms with Crippen molar-refractivity contribution in [1.82, 2.24) is 0 Å². The summed E-state index contributed by atoms with van der Waals surface area (Å²) < 4.78 is 10.2. The molecule has 4 nitrogen and oxygen atoms in total. The minimum atomic E-state index is -0.694. The molecule has 0 aliphatic carbocycles. The molecule has 4 heteroatoms. The third-order valence-electron chi connectivity index (χ3n) is 3.16. The first-order valence-electron chi connectivity index (χ1n) is 6.32. The van der Waals surface area contributed by atoms with Gasteiger partial charge in [0, 0.05) is 6.42 Å². The number of ether oxygens (including phenoxy) is 2. The number of rotatable bonds is 5. The summed E-state index contributed by atoms with van der Waals surface area (Å²) in [5, 5.41) is 20.2. The second-order valence-electron chi connectivity index (χ2n) is 4.48. The predicted molar refractivity (Wildman–Crippen MR) is 76.3 cm³/mol. The summed E-state index contributed by atoms with van der Waals surface area (Å²) >= 11 is 0. The van der Waals surface area contributed by atoms with Crippen LogP contribution in [0.5, 0.6) is 17.2 Å². The lowest BCUT2D eigenvalue weighted by Crippen LogP contribution is -2.03. The first kappa shape index (κ1) is 14.2. The fourth-order valence-corrected chi connectivity index (χ4v) is 2.06. The van der Waals surface area contributed by atoms with Gasteiger partial charge in [-0.05, 0) is 23.3 Å². The number of benzene rings is 2. The van der Waals surface area contributed by atoms with Crippen LogP contribution in [0.3, 0.4) is 0 Å². The van der Waals surface area contributed by atoms with Crippen LogP contribution in [0.25, 0.3) is 0 Å². The summed E-state index contributed by atoms with van der Waals surface area (Å²) in [7, 11) is 2.92. The first-order chi connectivity index (χ1) is 9.65. The summed E-state index contributed by atoms with van der Waals surface area (Å²) in [4.78, 5) is 0. The van der Waals surface area contributed by atoms with Crippen molar-refractivity contribution in [1.29, 1.82) is 0 Å². The molecule has 2 aromatic rings. The third-order valence-corrected chi connectivity index (χ3v) is 3.16. The Labute approximate surface area is 118 Å². The molecule has 2 N–H and O–H groups in total. The number of aromatic hydroxyl groups is 1. The lowest BCUT2D eigenvalue weighted by Gasteiger charge is -2.15. The lowest BCUT2D eigenvalue weighted by molar-refractivity contribution is 0.177. The molecular formula is C16H18O4. The Hall–Kier alpha value is -2.20. The van der Waals surface area contributed by atoms with Crippen LogP contribution in [0.15, 0.2) is 42.5 Å². The lowest BCUT2D eigenvalue weighted by atomic mass is 10.0. The van der Waals surface area contributed by atoms with Crippen molar-refractivity contribution in [3.8, 4) is 17.2 Å². The van der Waals surface area contributed by atoms with E-state index < -0.39 is 6.10 Å². The highest BCUT2D eigenvalue weighted by molar-refractivity contribution is 5.53. The summed E-state index contributed by atoms with van der Waals surface area (Å²) in [6.07, 6.45) is -0.210. The Morgan fingerprint density at radius 1 is 1.00 bits per heavy atom.